The number of nitrogens with zero attached hydrogens (tertiary/aromatic N) is 2. The second-order valence-corrected chi connectivity index (χ2v) is 9.31. The van der Waals surface area contributed by atoms with Crippen LogP contribution in [0, 0.1) is 11.7 Å². The van der Waals surface area contributed by atoms with Crippen molar-refractivity contribution in [3.05, 3.63) is 41.3 Å². The molecule has 13 heteroatoms. The largest absolute Gasteiger partial charge is 0.496 e. The van der Waals surface area contributed by atoms with E-state index in [0.717, 1.165) is 31.2 Å². The summed E-state index contributed by atoms with van der Waals surface area (Å²) < 4.78 is 63.2. The number of carbonyl (C=O) groups excluding carboxylic acids is 1. The summed E-state index contributed by atoms with van der Waals surface area (Å²) in [7, 11) is 3.10. The first-order valence-electron chi connectivity index (χ1n) is 12.3. The number of nitrogens with two attached hydrogens (primary N) is 1. The fourth-order valence-corrected chi connectivity index (χ4v) is 4.35. The molecule has 4 rings (SSSR count). The third-order valence-corrected chi connectivity index (χ3v) is 6.78. The Labute approximate surface area is 222 Å². The number of aliphatic carboxylic acids is 1. The number of halogens is 4. The van der Waals surface area contributed by atoms with Crippen molar-refractivity contribution in [2.24, 2.45) is 5.92 Å². The number of hydrogen-bond donors (Lipinski definition) is 2. The minimum atomic E-state index is -5.08. The Balaban J connectivity index is 0.000000532. The van der Waals surface area contributed by atoms with Gasteiger partial charge in [-0.3, -0.25) is 4.79 Å². The van der Waals surface area contributed by atoms with Gasteiger partial charge in [0.05, 0.1) is 26.4 Å². The van der Waals surface area contributed by atoms with E-state index in [1.54, 1.807) is 24.3 Å². The molecule has 0 spiro atoms. The van der Waals surface area contributed by atoms with Gasteiger partial charge in [-0.25, -0.2) is 14.2 Å². The first-order valence-corrected chi connectivity index (χ1v) is 12.3. The molecule has 1 saturated heterocycles. The van der Waals surface area contributed by atoms with E-state index in [1.807, 2.05) is 0 Å². The predicted octanol–water partition coefficient (Wildman–Crippen LogP) is 4.65. The molecule has 2 fully saturated rings. The average molecular weight is 558 g/mol. The molecule has 9 nitrogen and oxygen atoms in total. The van der Waals surface area contributed by atoms with Gasteiger partial charge in [0.25, 0.3) is 5.91 Å². The summed E-state index contributed by atoms with van der Waals surface area (Å²) in [5.74, 6) is -1.15. The summed E-state index contributed by atoms with van der Waals surface area (Å²) in [6.45, 7) is 1.57. The molecule has 2 aromatic rings. The monoisotopic (exact) mass is 557 g/mol. The van der Waals surface area contributed by atoms with E-state index in [9.17, 15) is 22.4 Å². The van der Waals surface area contributed by atoms with Crippen LogP contribution in [-0.4, -0.2) is 67.0 Å². The molecule has 1 aliphatic heterocycles. The van der Waals surface area contributed by atoms with Gasteiger partial charge in [-0.1, -0.05) is 6.42 Å². The smallest absolute Gasteiger partial charge is 0.490 e. The lowest BCUT2D eigenvalue weighted by Gasteiger charge is -2.33. The fourth-order valence-electron chi connectivity index (χ4n) is 4.35. The van der Waals surface area contributed by atoms with Crippen LogP contribution >= 0.6 is 0 Å². The first-order chi connectivity index (χ1) is 18.4. The predicted molar refractivity (Wildman–Crippen MR) is 133 cm³/mol. The van der Waals surface area contributed by atoms with Gasteiger partial charge in [0.2, 0.25) is 0 Å². The number of aromatic nitrogens is 1. The van der Waals surface area contributed by atoms with Gasteiger partial charge in [-0.15, -0.1) is 0 Å². The molecule has 2 heterocycles. The van der Waals surface area contributed by atoms with Crippen molar-refractivity contribution in [1.29, 1.82) is 0 Å². The summed E-state index contributed by atoms with van der Waals surface area (Å²) in [6, 6.07) is 4.43. The van der Waals surface area contributed by atoms with E-state index in [0.29, 0.717) is 48.7 Å². The fraction of sp³-hybridized carbons (Fsp3) is 0.500. The molecule has 0 radical (unpaired) electrons. The van der Waals surface area contributed by atoms with E-state index < -0.39 is 18.0 Å². The minimum absolute atomic E-state index is 0.00280. The van der Waals surface area contributed by atoms with E-state index >= 15 is 0 Å². The second kappa shape index (κ2) is 12.9. The minimum Gasteiger partial charge on any atom is -0.496 e. The zero-order chi connectivity index (χ0) is 28.7. The van der Waals surface area contributed by atoms with Crippen molar-refractivity contribution in [3.63, 3.8) is 0 Å². The number of alkyl halides is 3. The van der Waals surface area contributed by atoms with Crippen molar-refractivity contribution >= 4 is 17.7 Å². The van der Waals surface area contributed by atoms with E-state index in [-0.39, 0.29) is 17.4 Å². The van der Waals surface area contributed by atoms with E-state index in [4.69, 9.17) is 29.8 Å². The molecular formula is C26H31F4N3O6. The molecule has 0 atom stereocenters. The van der Waals surface area contributed by atoms with Crippen LogP contribution in [-0.2, 0) is 4.79 Å². The van der Waals surface area contributed by atoms with Crippen LogP contribution in [0.4, 0.5) is 23.4 Å². The highest BCUT2D eigenvalue weighted by Gasteiger charge is 2.38. The summed E-state index contributed by atoms with van der Waals surface area (Å²) >= 11 is 0. The van der Waals surface area contributed by atoms with Crippen molar-refractivity contribution in [2.75, 3.05) is 39.6 Å². The lowest BCUT2D eigenvalue weighted by Crippen LogP contribution is -2.38. The third-order valence-electron chi connectivity index (χ3n) is 6.78. The van der Waals surface area contributed by atoms with Gasteiger partial charge >= 0.3 is 12.1 Å². The van der Waals surface area contributed by atoms with Crippen molar-refractivity contribution in [1.82, 2.24) is 9.88 Å². The van der Waals surface area contributed by atoms with Crippen LogP contribution < -0.4 is 19.9 Å². The lowest BCUT2D eigenvalue weighted by atomic mass is 9.86. The number of hydrogen-bond acceptors (Lipinski definition) is 7. The molecule has 1 amide bonds. The molecule has 39 heavy (non-hydrogen) atoms. The average Bonchev–Trinajstić information content (AvgIpc) is 2.87. The Morgan fingerprint density at radius 1 is 1.05 bits per heavy atom. The van der Waals surface area contributed by atoms with Gasteiger partial charge in [0.15, 0.2) is 11.5 Å². The molecular weight excluding hydrogens is 526 g/mol. The highest BCUT2D eigenvalue weighted by molar-refractivity contribution is 5.95. The number of carboxylic acid groups (broad SMARTS) is 1. The van der Waals surface area contributed by atoms with Crippen LogP contribution in [0.25, 0.3) is 0 Å². The third kappa shape index (κ3) is 7.64. The normalized spacial score (nSPS) is 16.0. The van der Waals surface area contributed by atoms with Crippen LogP contribution in [0.15, 0.2) is 24.4 Å². The number of anilines is 1. The Hall–Kier alpha value is -3.77. The summed E-state index contributed by atoms with van der Waals surface area (Å²) in [4.78, 5) is 27.8. The first kappa shape index (κ1) is 29.8. The number of carboxylic acids is 1. The van der Waals surface area contributed by atoms with Gasteiger partial charge in [-0.2, -0.15) is 13.2 Å². The molecule has 0 bridgehead atoms. The number of carbonyl (C=O) groups is 2. The number of likely N-dealkylation sites (tertiary alicyclic amines) is 1. The van der Waals surface area contributed by atoms with Crippen LogP contribution in [0.5, 0.6) is 17.2 Å². The molecule has 0 unspecified atom stereocenters. The number of benzene rings is 1. The quantitative estimate of drug-likeness (QED) is 0.472. The lowest BCUT2D eigenvalue weighted by molar-refractivity contribution is -0.192. The highest BCUT2D eigenvalue weighted by atomic mass is 19.4. The Kier molecular flexibility index (Phi) is 9.81. The Bertz CT molecular complexity index is 1170. The number of nitrogen functional groups attached to an aromatic ring is 1. The van der Waals surface area contributed by atoms with Crippen LogP contribution in [0.2, 0.25) is 0 Å². The summed E-state index contributed by atoms with van der Waals surface area (Å²) in [6.07, 6.45) is 1.60. The number of rotatable bonds is 7. The maximum Gasteiger partial charge on any atom is 0.490 e. The number of ether oxygens (including phenoxy) is 3. The highest BCUT2D eigenvalue weighted by Crippen LogP contribution is 2.36. The maximum atomic E-state index is 14.9. The van der Waals surface area contributed by atoms with E-state index in [1.165, 1.54) is 25.7 Å². The molecule has 1 aliphatic carbocycles. The van der Waals surface area contributed by atoms with Gasteiger partial charge in [0, 0.05) is 37.0 Å². The zero-order valence-electron chi connectivity index (χ0n) is 21.6. The number of piperidine rings is 1. The van der Waals surface area contributed by atoms with E-state index in [2.05, 4.69) is 4.98 Å². The van der Waals surface area contributed by atoms with Gasteiger partial charge < -0.3 is 30.0 Å². The standard InChI is InChI=1S/C24H30FN3O4.C2HF3O2/c1-30-20-12-23(26)27-13-18(20)16-6-8-28(9-7-16)24(29)17-10-21(31-2)22(11-19(17)25)32-14-15-4-3-5-15;3-2(4,5)1(6)7/h10-13,15-16H,3-9,14H2,1-2H3,(H2,26,27);(H,6,7). The maximum absolute atomic E-state index is 14.9. The molecule has 1 aromatic heterocycles. The van der Waals surface area contributed by atoms with Gasteiger partial charge in [0.1, 0.15) is 17.4 Å². The van der Waals surface area contributed by atoms with Crippen molar-refractivity contribution < 1.29 is 46.5 Å². The Morgan fingerprint density at radius 3 is 2.18 bits per heavy atom. The van der Waals surface area contributed by atoms with Gasteiger partial charge in [-0.05, 0) is 43.6 Å². The molecule has 2 aliphatic rings. The molecule has 3 N–H and O–H groups in total. The summed E-state index contributed by atoms with van der Waals surface area (Å²) in [5, 5.41) is 7.12. The number of methoxy groups -OCH3 is 2. The SMILES string of the molecule is COc1cc(C(=O)N2CCC(c3cnc(N)cc3OC)CC2)c(F)cc1OCC1CCC1.O=C(O)C(F)(F)F. The van der Waals surface area contributed by atoms with Crippen molar-refractivity contribution in [3.8, 4) is 17.2 Å². The number of amides is 1. The molecule has 1 aromatic carbocycles. The topological polar surface area (TPSA) is 124 Å². The number of pyridine rings is 1. The van der Waals surface area contributed by atoms with Crippen LogP contribution in [0.1, 0.15) is 53.9 Å². The molecule has 214 valence electrons. The Morgan fingerprint density at radius 2 is 1.67 bits per heavy atom. The second-order valence-electron chi connectivity index (χ2n) is 9.31. The van der Waals surface area contributed by atoms with Crippen LogP contribution in [0.3, 0.4) is 0 Å². The summed E-state index contributed by atoms with van der Waals surface area (Å²) in [5.41, 5.74) is 6.74. The zero-order valence-corrected chi connectivity index (χ0v) is 21.6. The van der Waals surface area contributed by atoms with Crippen molar-refractivity contribution in [2.45, 2.75) is 44.2 Å². The molecule has 1 saturated carbocycles.